The van der Waals surface area contributed by atoms with Gasteiger partial charge in [-0.05, 0) is 29.8 Å². The van der Waals surface area contributed by atoms with Crippen LogP contribution >= 0.6 is 11.6 Å². The number of nitrogens with one attached hydrogen (secondary N) is 1. The summed E-state index contributed by atoms with van der Waals surface area (Å²) in [6.45, 7) is 4.58. The maximum atomic E-state index is 6.05. The van der Waals surface area contributed by atoms with Gasteiger partial charge in [0.1, 0.15) is 6.10 Å². The normalized spacial score (nSPS) is 12.3. The van der Waals surface area contributed by atoms with Crippen LogP contribution < -0.4 is 5.32 Å². The molecule has 0 amide bonds. The van der Waals surface area contributed by atoms with Gasteiger partial charge in [0.15, 0.2) is 0 Å². The van der Waals surface area contributed by atoms with Crippen LogP contribution in [0.1, 0.15) is 24.2 Å². The van der Waals surface area contributed by atoms with Crippen LogP contribution in [0.2, 0.25) is 5.02 Å². The lowest BCUT2D eigenvalue weighted by molar-refractivity contribution is 0.0824. The Bertz CT molecular complexity index is 498. The molecule has 0 aromatic heterocycles. The maximum Gasteiger partial charge on any atom is 0.108 e. The molecule has 20 heavy (non-hydrogen) atoms. The van der Waals surface area contributed by atoms with Gasteiger partial charge in [0, 0.05) is 11.6 Å². The third kappa shape index (κ3) is 4.34. The third-order valence-electron chi connectivity index (χ3n) is 3.09. The van der Waals surface area contributed by atoms with E-state index in [-0.39, 0.29) is 6.10 Å². The zero-order valence-electron chi connectivity index (χ0n) is 11.7. The number of ether oxygens (including phenoxy) is 1. The largest absolute Gasteiger partial charge is 0.367 e. The fourth-order valence-corrected chi connectivity index (χ4v) is 2.20. The smallest absolute Gasteiger partial charge is 0.108 e. The molecule has 0 aliphatic rings. The summed E-state index contributed by atoms with van der Waals surface area (Å²) in [7, 11) is 0. The van der Waals surface area contributed by atoms with Crippen LogP contribution in [0.3, 0.4) is 0 Å². The Labute approximate surface area is 125 Å². The van der Waals surface area contributed by atoms with E-state index >= 15 is 0 Å². The molecule has 0 fully saturated rings. The molecule has 1 unspecified atom stereocenters. The highest BCUT2D eigenvalue weighted by Crippen LogP contribution is 2.26. The van der Waals surface area contributed by atoms with E-state index in [1.54, 1.807) is 0 Å². The van der Waals surface area contributed by atoms with Crippen LogP contribution in [0.4, 0.5) is 0 Å². The summed E-state index contributed by atoms with van der Waals surface area (Å²) >= 11 is 5.96. The molecule has 2 nitrogen and oxygen atoms in total. The van der Waals surface area contributed by atoms with Crippen molar-refractivity contribution >= 4 is 11.6 Å². The van der Waals surface area contributed by atoms with Gasteiger partial charge in [0.05, 0.1) is 6.61 Å². The summed E-state index contributed by atoms with van der Waals surface area (Å²) in [4.78, 5) is 0. The van der Waals surface area contributed by atoms with E-state index in [1.165, 1.54) is 0 Å². The fraction of sp³-hybridized carbons (Fsp3) is 0.294. The van der Waals surface area contributed by atoms with Gasteiger partial charge in [0.25, 0.3) is 0 Å². The van der Waals surface area contributed by atoms with E-state index in [0.717, 1.165) is 29.2 Å². The zero-order chi connectivity index (χ0) is 14.2. The highest BCUT2D eigenvalue weighted by Gasteiger charge is 2.14. The highest BCUT2D eigenvalue weighted by molar-refractivity contribution is 6.30. The minimum Gasteiger partial charge on any atom is -0.367 e. The van der Waals surface area contributed by atoms with Crippen LogP contribution in [0, 0.1) is 0 Å². The molecule has 2 aromatic carbocycles. The first kappa shape index (κ1) is 15.0. The molecule has 0 spiro atoms. The van der Waals surface area contributed by atoms with Crippen molar-refractivity contribution in [2.24, 2.45) is 0 Å². The van der Waals surface area contributed by atoms with E-state index in [2.05, 4.69) is 24.4 Å². The number of halogens is 1. The fourth-order valence-electron chi connectivity index (χ4n) is 2.08. The molecule has 1 N–H and O–H groups in total. The van der Waals surface area contributed by atoms with E-state index in [4.69, 9.17) is 16.3 Å². The van der Waals surface area contributed by atoms with E-state index in [9.17, 15) is 0 Å². The molecule has 0 aliphatic carbocycles. The lowest BCUT2D eigenvalue weighted by atomic mass is 10.0. The van der Waals surface area contributed by atoms with Gasteiger partial charge in [0.2, 0.25) is 0 Å². The van der Waals surface area contributed by atoms with Gasteiger partial charge in [-0.2, -0.15) is 0 Å². The minimum absolute atomic E-state index is 0.0490. The van der Waals surface area contributed by atoms with Crippen molar-refractivity contribution < 1.29 is 4.74 Å². The average molecular weight is 290 g/mol. The summed E-state index contributed by atoms with van der Waals surface area (Å²) in [5, 5.41) is 4.01. The lowest BCUT2D eigenvalue weighted by Crippen LogP contribution is -2.20. The number of likely N-dealkylation sites (N-methyl/N-ethyl adjacent to an activating group) is 1. The molecule has 3 heteroatoms. The van der Waals surface area contributed by atoms with Gasteiger partial charge in [-0.3, -0.25) is 0 Å². The van der Waals surface area contributed by atoms with E-state index in [1.807, 2.05) is 42.5 Å². The molecule has 106 valence electrons. The summed E-state index contributed by atoms with van der Waals surface area (Å²) in [6.07, 6.45) is -0.0490. The molecular weight excluding hydrogens is 270 g/mol. The first-order valence-corrected chi connectivity index (χ1v) is 7.31. The van der Waals surface area contributed by atoms with Crippen LogP contribution in [0.5, 0.6) is 0 Å². The molecule has 2 rings (SSSR count). The molecule has 0 saturated carbocycles. The van der Waals surface area contributed by atoms with Crippen LogP contribution in [-0.2, 0) is 4.74 Å². The maximum absolute atomic E-state index is 6.05. The predicted octanol–water partition coefficient (Wildman–Crippen LogP) is 4.06. The topological polar surface area (TPSA) is 21.3 Å². The Morgan fingerprint density at radius 2 is 1.65 bits per heavy atom. The minimum atomic E-state index is -0.0490. The second-order valence-corrected chi connectivity index (χ2v) is 5.00. The second-order valence-electron chi connectivity index (χ2n) is 4.57. The highest BCUT2D eigenvalue weighted by atomic mass is 35.5. The van der Waals surface area contributed by atoms with Crippen molar-refractivity contribution in [3.63, 3.8) is 0 Å². The first-order valence-electron chi connectivity index (χ1n) is 6.94. The average Bonchev–Trinajstić information content (AvgIpc) is 2.50. The molecular formula is C17H20ClNO. The summed E-state index contributed by atoms with van der Waals surface area (Å²) in [5.41, 5.74) is 2.28. The molecule has 2 aromatic rings. The summed E-state index contributed by atoms with van der Waals surface area (Å²) in [6, 6.07) is 18.1. The first-order chi connectivity index (χ1) is 9.81. The summed E-state index contributed by atoms with van der Waals surface area (Å²) < 4.78 is 6.05. The molecule has 0 radical (unpaired) electrons. The second kappa shape index (κ2) is 8.05. The van der Waals surface area contributed by atoms with E-state index < -0.39 is 0 Å². The third-order valence-corrected chi connectivity index (χ3v) is 3.34. The molecule has 0 bridgehead atoms. The quantitative estimate of drug-likeness (QED) is 0.776. The number of rotatable bonds is 7. The van der Waals surface area contributed by atoms with Gasteiger partial charge in [-0.15, -0.1) is 0 Å². The van der Waals surface area contributed by atoms with Crippen molar-refractivity contribution in [1.82, 2.24) is 5.32 Å². The Balaban J connectivity index is 2.13. The van der Waals surface area contributed by atoms with Gasteiger partial charge >= 0.3 is 0 Å². The van der Waals surface area contributed by atoms with Crippen molar-refractivity contribution in [3.05, 3.63) is 70.7 Å². The monoisotopic (exact) mass is 289 g/mol. The van der Waals surface area contributed by atoms with Gasteiger partial charge in [-0.25, -0.2) is 0 Å². The van der Waals surface area contributed by atoms with Crippen LogP contribution in [0.15, 0.2) is 54.6 Å². The SMILES string of the molecule is CCNCCOC(c1ccccc1)c1ccc(Cl)cc1. The Morgan fingerprint density at radius 3 is 2.30 bits per heavy atom. The van der Waals surface area contributed by atoms with Crippen molar-refractivity contribution in [2.45, 2.75) is 13.0 Å². The molecule has 0 aliphatic heterocycles. The number of hydrogen-bond acceptors (Lipinski definition) is 2. The Kier molecular flexibility index (Phi) is 6.06. The predicted molar refractivity (Wildman–Crippen MR) is 84.2 cm³/mol. The van der Waals surface area contributed by atoms with Crippen LogP contribution in [-0.4, -0.2) is 19.7 Å². The van der Waals surface area contributed by atoms with Gasteiger partial charge in [-0.1, -0.05) is 61.0 Å². The number of benzene rings is 2. The Morgan fingerprint density at radius 1 is 1.00 bits per heavy atom. The molecule has 0 saturated heterocycles. The number of hydrogen-bond donors (Lipinski definition) is 1. The summed E-state index contributed by atoms with van der Waals surface area (Å²) in [5.74, 6) is 0. The molecule has 0 heterocycles. The van der Waals surface area contributed by atoms with Crippen LogP contribution in [0.25, 0.3) is 0 Å². The lowest BCUT2D eigenvalue weighted by Gasteiger charge is -2.19. The van der Waals surface area contributed by atoms with Crippen molar-refractivity contribution in [2.75, 3.05) is 19.7 Å². The molecule has 1 atom stereocenters. The standard InChI is InChI=1S/C17H20ClNO/c1-2-19-12-13-20-17(14-6-4-3-5-7-14)15-8-10-16(18)11-9-15/h3-11,17,19H,2,12-13H2,1H3. The zero-order valence-corrected chi connectivity index (χ0v) is 12.4. The van der Waals surface area contributed by atoms with Crippen molar-refractivity contribution in [3.8, 4) is 0 Å². The van der Waals surface area contributed by atoms with Gasteiger partial charge < -0.3 is 10.1 Å². The van der Waals surface area contributed by atoms with Crippen molar-refractivity contribution in [1.29, 1.82) is 0 Å². The Hall–Kier alpha value is -1.35. The van der Waals surface area contributed by atoms with E-state index in [0.29, 0.717) is 6.61 Å².